The van der Waals surface area contributed by atoms with Gasteiger partial charge in [-0.25, -0.2) is 13.8 Å². The van der Waals surface area contributed by atoms with Crippen LogP contribution < -0.4 is 10.9 Å². The molecule has 2 aromatic carbocycles. The standard InChI is InChI=1S/C18H11F4N9O2/c19-11-3-7-13(8-4-11)31-15(18(20,21)22)14(24-28-31)17(33)26-25-16(32)10-1-5-12(6-2-10)30-9-23-27-29-30/h1-9H,(H,25,32)(H,26,33). The zero-order chi connectivity index (χ0) is 23.6. The molecule has 0 aliphatic rings. The lowest BCUT2D eigenvalue weighted by Gasteiger charge is -2.11. The van der Waals surface area contributed by atoms with E-state index in [0.29, 0.717) is 10.4 Å². The van der Waals surface area contributed by atoms with Crippen LogP contribution in [0, 0.1) is 5.82 Å². The van der Waals surface area contributed by atoms with E-state index in [4.69, 9.17) is 0 Å². The number of carbonyl (C=O) groups excluding carboxylic acids is 2. The number of rotatable bonds is 4. The highest BCUT2D eigenvalue weighted by Gasteiger charge is 2.42. The summed E-state index contributed by atoms with van der Waals surface area (Å²) < 4.78 is 55.7. The second-order valence-corrected chi connectivity index (χ2v) is 6.38. The summed E-state index contributed by atoms with van der Waals surface area (Å²) in [6, 6.07) is 9.77. The molecule has 2 heterocycles. The molecule has 4 rings (SSSR count). The smallest absolute Gasteiger partial charge is 0.267 e. The van der Waals surface area contributed by atoms with Gasteiger partial charge in [0.05, 0.1) is 11.4 Å². The average Bonchev–Trinajstić information content (AvgIpc) is 3.48. The number of alkyl halides is 3. The van der Waals surface area contributed by atoms with E-state index in [1.807, 2.05) is 10.9 Å². The van der Waals surface area contributed by atoms with E-state index in [1.165, 1.54) is 35.3 Å². The molecule has 0 unspecified atom stereocenters. The topological polar surface area (TPSA) is 133 Å². The molecule has 0 bridgehead atoms. The van der Waals surface area contributed by atoms with E-state index >= 15 is 0 Å². The summed E-state index contributed by atoms with van der Waals surface area (Å²) in [7, 11) is 0. The zero-order valence-corrected chi connectivity index (χ0v) is 16.2. The highest BCUT2D eigenvalue weighted by molar-refractivity contribution is 5.98. The lowest BCUT2D eigenvalue weighted by atomic mass is 10.2. The number of tetrazole rings is 1. The van der Waals surface area contributed by atoms with E-state index < -0.39 is 35.2 Å². The number of nitrogens with one attached hydrogen (secondary N) is 2. The van der Waals surface area contributed by atoms with Gasteiger partial charge in [0.25, 0.3) is 11.8 Å². The second-order valence-electron chi connectivity index (χ2n) is 6.38. The van der Waals surface area contributed by atoms with Crippen molar-refractivity contribution in [3.63, 3.8) is 0 Å². The van der Waals surface area contributed by atoms with Crippen molar-refractivity contribution in [1.29, 1.82) is 0 Å². The van der Waals surface area contributed by atoms with E-state index in [9.17, 15) is 27.2 Å². The maximum absolute atomic E-state index is 13.6. The van der Waals surface area contributed by atoms with Crippen molar-refractivity contribution in [1.82, 2.24) is 46.1 Å². The van der Waals surface area contributed by atoms with Crippen molar-refractivity contribution in [3.8, 4) is 11.4 Å². The number of hydrogen-bond acceptors (Lipinski definition) is 7. The first kappa shape index (κ1) is 21.5. The van der Waals surface area contributed by atoms with E-state index in [2.05, 4.69) is 25.8 Å². The summed E-state index contributed by atoms with van der Waals surface area (Å²) in [5.74, 6) is -2.82. The molecule has 33 heavy (non-hydrogen) atoms. The van der Waals surface area contributed by atoms with Gasteiger partial charge in [0, 0.05) is 5.56 Å². The van der Waals surface area contributed by atoms with E-state index in [1.54, 1.807) is 0 Å². The van der Waals surface area contributed by atoms with Crippen LogP contribution in [0.4, 0.5) is 17.6 Å². The Labute approximate surface area is 181 Å². The molecule has 2 N–H and O–H groups in total. The van der Waals surface area contributed by atoms with Gasteiger partial charge in [-0.05, 0) is 59.0 Å². The van der Waals surface area contributed by atoms with Crippen molar-refractivity contribution in [2.75, 3.05) is 0 Å². The Morgan fingerprint density at radius 1 is 0.848 bits per heavy atom. The molecule has 2 aromatic heterocycles. The first-order chi connectivity index (χ1) is 15.7. The molecule has 15 heteroatoms. The second kappa shape index (κ2) is 8.45. The predicted octanol–water partition coefficient (Wildman–Crippen LogP) is 1.48. The molecule has 0 saturated carbocycles. The Morgan fingerprint density at radius 2 is 1.48 bits per heavy atom. The van der Waals surface area contributed by atoms with Gasteiger partial charge in [-0.2, -0.15) is 13.2 Å². The Morgan fingerprint density at radius 3 is 2.09 bits per heavy atom. The summed E-state index contributed by atoms with van der Waals surface area (Å²) in [5, 5.41) is 17.3. The Bertz CT molecular complexity index is 1280. The minimum atomic E-state index is -5.03. The van der Waals surface area contributed by atoms with Crippen LogP contribution in [0.25, 0.3) is 11.4 Å². The van der Waals surface area contributed by atoms with E-state index in [0.717, 1.165) is 24.3 Å². The van der Waals surface area contributed by atoms with Crippen LogP contribution in [0.5, 0.6) is 0 Å². The molecular weight excluding hydrogens is 450 g/mol. The number of hydrogen-bond donors (Lipinski definition) is 2. The largest absolute Gasteiger partial charge is 0.435 e. The van der Waals surface area contributed by atoms with Gasteiger partial charge in [0.1, 0.15) is 12.1 Å². The quantitative estimate of drug-likeness (QED) is 0.347. The first-order valence-electron chi connectivity index (χ1n) is 8.97. The van der Waals surface area contributed by atoms with Crippen LogP contribution >= 0.6 is 0 Å². The van der Waals surface area contributed by atoms with Gasteiger partial charge in [0.15, 0.2) is 11.4 Å². The van der Waals surface area contributed by atoms with Crippen LogP contribution in [0.1, 0.15) is 26.5 Å². The zero-order valence-electron chi connectivity index (χ0n) is 16.2. The molecule has 0 aliphatic carbocycles. The minimum Gasteiger partial charge on any atom is -0.267 e. The molecule has 0 radical (unpaired) electrons. The summed E-state index contributed by atoms with van der Waals surface area (Å²) in [4.78, 5) is 24.6. The van der Waals surface area contributed by atoms with Gasteiger partial charge in [-0.1, -0.05) is 5.21 Å². The Hall–Kier alpha value is -4.69. The van der Waals surface area contributed by atoms with Gasteiger partial charge >= 0.3 is 6.18 Å². The van der Waals surface area contributed by atoms with Gasteiger partial charge in [-0.15, -0.1) is 10.2 Å². The molecule has 2 amide bonds. The third kappa shape index (κ3) is 4.51. The van der Waals surface area contributed by atoms with Crippen molar-refractivity contribution in [3.05, 3.63) is 77.6 Å². The molecule has 11 nitrogen and oxygen atoms in total. The van der Waals surface area contributed by atoms with Crippen molar-refractivity contribution >= 4 is 11.8 Å². The monoisotopic (exact) mass is 461 g/mol. The van der Waals surface area contributed by atoms with Gasteiger partial charge in [0.2, 0.25) is 0 Å². The fourth-order valence-corrected chi connectivity index (χ4v) is 2.74. The third-order valence-corrected chi connectivity index (χ3v) is 4.26. The lowest BCUT2D eigenvalue weighted by molar-refractivity contribution is -0.143. The van der Waals surface area contributed by atoms with Crippen molar-refractivity contribution in [2.45, 2.75) is 6.18 Å². The highest BCUT2D eigenvalue weighted by atomic mass is 19.4. The van der Waals surface area contributed by atoms with Crippen LogP contribution in [0.3, 0.4) is 0 Å². The van der Waals surface area contributed by atoms with Crippen LogP contribution in [-0.2, 0) is 6.18 Å². The maximum Gasteiger partial charge on any atom is 0.435 e. The molecule has 4 aromatic rings. The fraction of sp³-hybridized carbons (Fsp3) is 0.0556. The summed E-state index contributed by atoms with van der Waals surface area (Å²) in [5.41, 5.74) is 1.78. The van der Waals surface area contributed by atoms with Crippen molar-refractivity contribution < 1.29 is 27.2 Å². The number of benzene rings is 2. The summed E-state index contributed by atoms with van der Waals surface area (Å²) in [6.07, 6.45) is -3.69. The number of halogens is 4. The third-order valence-electron chi connectivity index (χ3n) is 4.26. The predicted molar refractivity (Wildman–Crippen MR) is 100 cm³/mol. The summed E-state index contributed by atoms with van der Waals surface area (Å²) >= 11 is 0. The summed E-state index contributed by atoms with van der Waals surface area (Å²) in [6.45, 7) is 0. The molecule has 0 atom stereocenters. The lowest BCUT2D eigenvalue weighted by Crippen LogP contribution is -2.42. The van der Waals surface area contributed by atoms with Gasteiger partial charge < -0.3 is 0 Å². The highest BCUT2D eigenvalue weighted by Crippen LogP contribution is 2.32. The van der Waals surface area contributed by atoms with Crippen LogP contribution in [0.15, 0.2) is 54.9 Å². The number of hydrazine groups is 1. The molecule has 168 valence electrons. The number of carbonyl (C=O) groups is 2. The van der Waals surface area contributed by atoms with Crippen molar-refractivity contribution in [2.24, 2.45) is 0 Å². The molecule has 0 spiro atoms. The average molecular weight is 461 g/mol. The normalized spacial score (nSPS) is 11.3. The fourth-order valence-electron chi connectivity index (χ4n) is 2.74. The Kier molecular flexibility index (Phi) is 5.51. The van der Waals surface area contributed by atoms with Crippen LogP contribution in [-0.4, -0.2) is 47.0 Å². The van der Waals surface area contributed by atoms with Gasteiger partial charge in [-0.3, -0.25) is 20.4 Å². The van der Waals surface area contributed by atoms with Crippen LogP contribution in [0.2, 0.25) is 0 Å². The maximum atomic E-state index is 13.6. The SMILES string of the molecule is O=C(NNC(=O)c1nnn(-c2ccc(F)cc2)c1C(F)(F)F)c1ccc(-n2cnnn2)cc1. The number of aromatic nitrogens is 7. The van der Waals surface area contributed by atoms with E-state index in [-0.39, 0.29) is 11.3 Å². The minimum absolute atomic E-state index is 0.0955. The molecule has 0 saturated heterocycles. The molecule has 0 fully saturated rings. The first-order valence-corrected chi connectivity index (χ1v) is 8.97. The molecular formula is C18H11F4N9O2. The molecule has 0 aliphatic heterocycles. The number of amides is 2. The Balaban J connectivity index is 1.50. The number of nitrogens with zero attached hydrogens (tertiary/aromatic N) is 7.